The van der Waals surface area contributed by atoms with Gasteiger partial charge in [-0.15, -0.1) is 0 Å². The molecule has 10 heteroatoms. The third kappa shape index (κ3) is 5.07. The molecule has 3 aromatic rings. The number of rotatable bonds is 8. The van der Waals surface area contributed by atoms with Crippen molar-refractivity contribution in [1.82, 2.24) is 14.8 Å². The standard InChI is InChI=1S/C22H23F4N3O3/c1-12(2)29-18-8-15(19(31)9-16(11-30)22(24,25)26)10-27-21(18)20(28-29)14-5-4-6-17(7-14)32-13(3)23/h4-8,10,12-13,16,30H,9,11H2,1-3H3. The highest BCUT2D eigenvalue weighted by Crippen LogP contribution is 2.33. The monoisotopic (exact) mass is 453 g/mol. The third-order valence-corrected chi connectivity index (χ3v) is 4.88. The number of carbonyl (C=O) groups excluding carboxylic acids is 1. The molecule has 0 spiro atoms. The maximum absolute atomic E-state index is 13.2. The molecule has 0 amide bonds. The fourth-order valence-corrected chi connectivity index (χ4v) is 3.29. The molecule has 172 valence electrons. The molecular formula is C22H23F4N3O3. The van der Waals surface area contributed by atoms with Gasteiger partial charge in [-0.3, -0.25) is 14.5 Å². The third-order valence-electron chi connectivity index (χ3n) is 4.88. The van der Waals surface area contributed by atoms with E-state index in [0.717, 1.165) is 0 Å². The summed E-state index contributed by atoms with van der Waals surface area (Å²) in [5.41, 5.74) is 1.98. The van der Waals surface area contributed by atoms with Gasteiger partial charge in [0.1, 0.15) is 17.0 Å². The highest BCUT2D eigenvalue weighted by molar-refractivity contribution is 6.00. The molecule has 2 heterocycles. The number of hydrogen-bond acceptors (Lipinski definition) is 5. The van der Waals surface area contributed by atoms with E-state index < -0.39 is 37.3 Å². The van der Waals surface area contributed by atoms with Crippen molar-refractivity contribution in [2.24, 2.45) is 5.92 Å². The van der Waals surface area contributed by atoms with Crippen molar-refractivity contribution in [1.29, 1.82) is 0 Å². The van der Waals surface area contributed by atoms with E-state index in [1.165, 1.54) is 19.2 Å². The maximum atomic E-state index is 13.2. The Bertz CT molecular complexity index is 1110. The summed E-state index contributed by atoms with van der Waals surface area (Å²) < 4.78 is 58.8. The molecular weight excluding hydrogens is 430 g/mol. The Kier molecular flexibility index (Phi) is 6.82. The van der Waals surface area contributed by atoms with Crippen LogP contribution in [0.2, 0.25) is 0 Å². The van der Waals surface area contributed by atoms with Gasteiger partial charge in [0.2, 0.25) is 6.36 Å². The molecule has 0 fully saturated rings. The second-order valence-corrected chi connectivity index (χ2v) is 7.72. The summed E-state index contributed by atoms with van der Waals surface area (Å²) in [7, 11) is 0. The van der Waals surface area contributed by atoms with Crippen molar-refractivity contribution in [3.8, 4) is 17.0 Å². The average Bonchev–Trinajstić information content (AvgIpc) is 3.09. The molecule has 0 bridgehead atoms. The summed E-state index contributed by atoms with van der Waals surface area (Å²) in [5.74, 6) is -2.61. The fraction of sp³-hybridized carbons (Fsp3) is 0.409. The van der Waals surface area contributed by atoms with Crippen molar-refractivity contribution in [2.75, 3.05) is 6.61 Å². The Hall–Kier alpha value is -3.01. The first-order valence-corrected chi connectivity index (χ1v) is 10.0. The van der Waals surface area contributed by atoms with Crippen molar-refractivity contribution in [3.05, 3.63) is 42.1 Å². The lowest BCUT2D eigenvalue weighted by molar-refractivity contribution is -0.182. The zero-order chi connectivity index (χ0) is 23.6. The second-order valence-electron chi connectivity index (χ2n) is 7.72. The second kappa shape index (κ2) is 9.23. The predicted molar refractivity (Wildman–Crippen MR) is 110 cm³/mol. The quantitative estimate of drug-likeness (QED) is 0.379. The Balaban J connectivity index is 2.03. The number of fused-ring (bicyclic) bond motifs is 1. The summed E-state index contributed by atoms with van der Waals surface area (Å²) in [4.78, 5) is 16.8. The van der Waals surface area contributed by atoms with Crippen molar-refractivity contribution >= 4 is 16.8 Å². The van der Waals surface area contributed by atoms with Gasteiger partial charge in [0, 0.05) is 36.7 Å². The van der Waals surface area contributed by atoms with Crippen molar-refractivity contribution < 1.29 is 32.2 Å². The van der Waals surface area contributed by atoms with E-state index in [2.05, 4.69) is 10.1 Å². The van der Waals surface area contributed by atoms with Crippen molar-refractivity contribution in [3.63, 3.8) is 0 Å². The number of Topliss-reactive ketones (excluding diaryl/α,β-unsaturated/α-hetero) is 1. The smallest absolute Gasteiger partial charge is 0.394 e. The molecule has 0 aliphatic rings. The zero-order valence-corrected chi connectivity index (χ0v) is 17.7. The predicted octanol–water partition coefficient (Wildman–Crippen LogP) is 5.12. The summed E-state index contributed by atoms with van der Waals surface area (Å²) in [6.07, 6.45) is -5.85. The largest absolute Gasteiger partial charge is 0.461 e. The lowest BCUT2D eigenvalue weighted by Crippen LogP contribution is -2.28. The number of aliphatic hydroxyl groups excluding tert-OH is 1. The van der Waals surface area contributed by atoms with E-state index in [0.29, 0.717) is 28.0 Å². The number of aromatic nitrogens is 3. The molecule has 0 aliphatic carbocycles. The van der Waals surface area contributed by atoms with Crippen LogP contribution in [0, 0.1) is 5.92 Å². The Labute approximate surface area is 181 Å². The van der Waals surface area contributed by atoms with Gasteiger partial charge >= 0.3 is 6.18 Å². The van der Waals surface area contributed by atoms with E-state index in [4.69, 9.17) is 9.84 Å². The maximum Gasteiger partial charge on any atom is 0.394 e. The van der Waals surface area contributed by atoms with Gasteiger partial charge in [-0.05, 0) is 32.0 Å². The van der Waals surface area contributed by atoms with Crippen LogP contribution in [0.4, 0.5) is 17.6 Å². The Morgan fingerprint density at radius 3 is 2.53 bits per heavy atom. The van der Waals surface area contributed by atoms with Gasteiger partial charge < -0.3 is 9.84 Å². The minimum absolute atomic E-state index is 0.00288. The molecule has 32 heavy (non-hydrogen) atoms. The number of alkyl halides is 4. The van der Waals surface area contributed by atoms with E-state index in [9.17, 15) is 22.4 Å². The molecule has 0 saturated carbocycles. The number of pyridine rings is 1. The van der Waals surface area contributed by atoms with Crippen LogP contribution in [-0.2, 0) is 0 Å². The summed E-state index contributed by atoms with van der Waals surface area (Å²) in [6, 6.07) is 7.96. The Morgan fingerprint density at radius 2 is 1.94 bits per heavy atom. The molecule has 2 unspecified atom stereocenters. The highest BCUT2D eigenvalue weighted by Gasteiger charge is 2.40. The number of ether oxygens (including phenoxy) is 1. The molecule has 0 radical (unpaired) electrons. The van der Waals surface area contributed by atoms with Gasteiger partial charge in [-0.25, -0.2) is 4.39 Å². The van der Waals surface area contributed by atoms with Crippen LogP contribution in [0.3, 0.4) is 0 Å². The van der Waals surface area contributed by atoms with Crippen LogP contribution < -0.4 is 4.74 Å². The molecule has 0 aliphatic heterocycles. The van der Waals surface area contributed by atoms with E-state index in [-0.39, 0.29) is 11.6 Å². The molecule has 0 saturated heterocycles. The minimum Gasteiger partial charge on any atom is -0.461 e. The molecule has 1 N–H and O–H groups in total. The molecule has 6 nitrogen and oxygen atoms in total. The van der Waals surface area contributed by atoms with Gasteiger partial charge in [0.15, 0.2) is 5.78 Å². The molecule has 2 atom stereocenters. The number of halogens is 4. The first kappa shape index (κ1) is 23.6. The van der Waals surface area contributed by atoms with Crippen LogP contribution in [0.25, 0.3) is 22.3 Å². The highest BCUT2D eigenvalue weighted by atomic mass is 19.4. The van der Waals surface area contributed by atoms with E-state index >= 15 is 0 Å². The summed E-state index contributed by atoms with van der Waals surface area (Å²) in [5, 5.41) is 13.6. The van der Waals surface area contributed by atoms with Crippen LogP contribution in [0.5, 0.6) is 5.75 Å². The zero-order valence-electron chi connectivity index (χ0n) is 17.7. The van der Waals surface area contributed by atoms with Gasteiger partial charge in [-0.2, -0.15) is 18.3 Å². The number of benzene rings is 1. The lowest BCUT2D eigenvalue weighted by Gasteiger charge is -2.16. The van der Waals surface area contributed by atoms with Crippen LogP contribution >= 0.6 is 0 Å². The van der Waals surface area contributed by atoms with E-state index in [1.807, 2.05) is 13.8 Å². The number of hydrogen-bond donors (Lipinski definition) is 1. The SMILES string of the molecule is CC(F)Oc1cccc(-c2nn(C(C)C)c3cc(C(=O)CC(CO)C(F)(F)F)cnc23)c1. The Morgan fingerprint density at radius 1 is 1.22 bits per heavy atom. The summed E-state index contributed by atoms with van der Waals surface area (Å²) >= 11 is 0. The first-order chi connectivity index (χ1) is 15.0. The van der Waals surface area contributed by atoms with Crippen molar-refractivity contribution in [2.45, 2.75) is 45.8 Å². The summed E-state index contributed by atoms with van der Waals surface area (Å²) in [6.45, 7) is 3.81. The van der Waals surface area contributed by atoms with Gasteiger partial charge in [0.25, 0.3) is 0 Å². The normalized spacial score (nSPS) is 14.0. The lowest BCUT2D eigenvalue weighted by atomic mass is 9.99. The first-order valence-electron chi connectivity index (χ1n) is 10.0. The number of nitrogens with zero attached hydrogens (tertiary/aromatic N) is 3. The fourth-order valence-electron chi connectivity index (χ4n) is 3.29. The topological polar surface area (TPSA) is 77.2 Å². The van der Waals surface area contributed by atoms with Gasteiger partial charge in [-0.1, -0.05) is 12.1 Å². The van der Waals surface area contributed by atoms with Crippen LogP contribution in [-0.4, -0.2) is 44.8 Å². The molecule has 1 aromatic carbocycles. The minimum atomic E-state index is -4.68. The van der Waals surface area contributed by atoms with Crippen LogP contribution in [0.1, 0.15) is 43.6 Å². The number of carbonyl (C=O) groups is 1. The van der Waals surface area contributed by atoms with Crippen LogP contribution in [0.15, 0.2) is 36.5 Å². The number of ketones is 1. The average molecular weight is 453 g/mol. The van der Waals surface area contributed by atoms with Gasteiger partial charge in [0.05, 0.1) is 18.0 Å². The molecule has 3 rings (SSSR count). The number of aliphatic hydroxyl groups is 1. The van der Waals surface area contributed by atoms with E-state index in [1.54, 1.807) is 28.9 Å². The molecule has 2 aromatic heterocycles.